The van der Waals surface area contributed by atoms with Crippen LogP contribution in [0.2, 0.25) is 51.4 Å². The second-order valence-electron chi connectivity index (χ2n) is 16.3. The standard InChI is InChI=1S/C32H56O14Si2/c1-20(33)46-25-23-24-30(17-45-32(37,28(35)39-4)26(30)29(25,2)36)21(43-18-40-11-13-47(5,6)7)15-22(31(24,16-42-23)27(34)38-3)44-19-41-12-14-48(8,9)10/h21-26,36-37H,11-19H2,1-10H3/t21-,22+,23+,24+,25+,26-,29+,30-,31-,32-/m0/s1. The van der Waals surface area contributed by atoms with E-state index in [0.29, 0.717) is 13.2 Å². The third-order valence-corrected chi connectivity index (χ3v) is 14.0. The number of rotatable bonds is 15. The van der Waals surface area contributed by atoms with Gasteiger partial charge in [0.15, 0.2) is 6.10 Å². The van der Waals surface area contributed by atoms with Crippen LogP contribution in [0.5, 0.6) is 0 Å². The lowest BCUT2D eigenvalue weighted by Crippen LogP contribution is -2.78. The van der Waals surface area contributed by atoms with Gasteiger partial charge in [0, 0.05) is 54.0 Å². The van der Waals surface area contributed by atoms with Gasteiger partial charge in [0.05, 0.1) is 45.6 Å². The fraction of sp³-hybridized carbons (Fsp3) is 0.906. The van der Waals surface area contributed by atoms with Gasteiger partial charge >= 0.3 is 17.9 Å². The molecule has 2 saturated heterocycles. The number of hydrogen-bond donors (Lipinski definition) is 2. The molecule has 2 heterocycles. The van der Waals surface area contributed by atoms with Gasteiger partial charge in [-0.25, -0.2) is 4.79 Å². The highest BCUT2D eigenvalue weighted by Crippen LogP contribution is 2.71. The summed E-state index contributed by atoms with van der Waals surface area (Å²) in [5.41, 5.74) is -5.19. The summed E-state index contributed by atoms with van der Waals surface area (Å²) < 4.78 is 53.1. The number of carbonyl (C=O) groups excluding carboxylic acids is 3. The minimum Gasteiger partial charge on any atom is -0.468 e. The molecule has 4 fully saturated rings. The second-order valence-corrected chi connectivity index (χ2v) is 27.5. The van der Waals surface area contributed by atoms with Gasteiger partial charge < -0.3 is 52.8 Å². The number of carbonyl (C=O) groups is 3. The van der Waals surface area contributed by atoms with E-state index in [-0.39, 0.29) is 33.2 Å². The summed E-state index contributed by atoms with van der Waals surface area (Å²) in [6.07, 6.45) is -4.33. The van der Waals surface area contributed by atoms with Gasteiger partial charge in [0.25, 0.3) is 5.79 Å². The Morgan fingerprint density at radius 2 is 1.38 bits per heavy atom. The molecule has 0 aromatic rings. The maximum absolute atomic E-state index is 14.1. The summed E-state index contributed by atoms with van der Waals surface area (Å²) in [6, 6.07) is 1.80. The molecular weight excluding hydrogens is 665 g/mol. The third-order valence-electron chi connectivity index (χ3n) is 10.5. The Kier molecular flexibility index (Phi) is 11.7. The Morgan fingerprint density at radius 1 is 0.833 bits per heavy atom. The van der Waals surface area contributed by atoms with Crippen LogP contribution >= 0.6 is 0 Å². The summed E-state index contributed by atoms with van der Waals surface area (Å²) in [5, 5.41) is 24.4. The smallest absolute Gasteiger partial charge is 0.366 e. The van der Waals surface area contributed by atoms with E-state index in [4.69, 9.17) is 42.6 Å². The van der Waals surface area contributed by atoms with Crippen LogP contribution in [-0.4, -0.2) is 134 Å². The zero-order valence-corrected chi connectivity index (χ0v) is 32.1. The predicted molar refractivity (Wildman–Crippen MR) is 175 cm³/mol. The van der Waals surface area contributed by atoms with Crippen LogP contribution in [0, 0.1) is 22.7 Å². The Labute approximate surface area is 285 Å². The lowest BCUT2D eigenvalue weighted by atomic mass is 9.42. The molecule has 2 N–H and O–H groups in total. The highest BCUT2D eigenvalue weighted by Gasteiger charge is 2.86. The molecule has 2 aliphatic carbocycles. The summed E-state index contributed by atoms with van der Waals surface area (Å²) in [4.78, 5) is 39.9. The maximum Gasteiger partial charge on any atom is 0.366 e. The number of ether oxygens (including phenoxy) is 9. The molecule has 4 aliphatic rings. The van der Waals surface area contributed by atoms with Crippen LogP contribution in [-0.2, 0) is 57.0 Å². The third kappa shape index (κ3) is 7.03. The molecular formula is C32H56O14Si2. The summed E-state index contributed by atoms with van der Waals surface area (Å²) >= 11 is 0. The average molecular weight is 721 g/mol. The van der Waals surface area contributed by atoms with Crippen LogP contribution in [0.4, 0.5) is 0 Å². The predicted octanol–water partition coefficient (Wildman–Crippen LogP) is 2.15. The number of methoxy groups -OCH3 is 2. The minimum atomic E-state index is -2.71. The largest absolute Gasteiger partial charge is 0.468 e. The molecule has 0 radical (unpaired) electrons. The second kappa shape index (κ2) is 14.3. The molecule has 1 spiro atoms. The number of esters is 3. The van der Waals surface area contributed by atoms with Crippen molar-refractivity contribution < 1.29 is 67.2 Å². The van der Waals surface area contributed by atoms with Crippen molar-refractivity contribution in [2.45, 2.75) is 107 Å². The summed E-state index contributed by atoms with van der Waals surface area (Å²) in [6.45, 7) is 16.0. The van der Waals surface area contributed by atoms with Crippen molar-refractivity contribution in [1.82, 2.24) is 0 Å². The van der Waals surface area contributed by atoms with Gasteiger partial charge in [0.2, 0.25) is 0 Å². The maximum atomic E-state index is 14.1. The molecule has 14 nitrogen and oxygen atoms in total. The number of hydrogen-bond acceptors (Lipinski definition) is 14. The quantitative estimate of drug-likeness (QED) is 0.0828. The Morgan fingerprint density at radius 3 is 1.88 bits per heavy atom. The van der Waals surface area contributed by atoms with E-state index in [0.717, 1.165) is 19.2 Å². The molecule has 10 atom stereocenters. The van der Waals surface area contributed by atoms with Gasteiger partial charge in [-0.3, -0.25) is 9.59 Å². The van der Waals surface area contributed by atoms with E-state index in [9.17, 15) is 24.6 Å². The van der Waals surface area contributed by atoms with E-state index in [1.165, 1.54) is 21.0 Å². The topological polar surface area (TPSA) is 175 Å². The van der Waals surface area contributed by atoms with Gasteiger partial charge in [0.1, 0.15) is 30.7 Å². The zero-order valence-electron chi connectivity index (χ0n) is 30.1. The van der Waals surface area contributed by atoms with Crippen molar-refractivity contribution in [3.05, 3.63) is 0 Å². The molecule has 2 saturated carbocycles. The Balaban J connectivity index is 1.83. The van der Waals surface area contributed by atoms with E-state index in [1.54, 1.807) is 0 Å². The van der Waals surface area contributed by atoms with Crippen LogP contribution in [0.1, 0.15) is 20.3 Å². The lowest BCUT2D eigenvalue weighted by Gasteiger charge is -2.63. The van der Waals surface area contributed by atoms with Crippen LogP contribution in [0.3, 0.4) is 0 Å². The molecule has 2 aliphatic heterocycles. The summed E-state index contributed by atoms with van der Waals surface area (Å²) in [5.74, 6) is -7.80. The minimum absolute atomic E-state index is 0.0435. The molecule has 16 heteroatoms. The van der Waals surface area contributed by atoms with Crippen molar-refractivity contribution in [3.63, 3.8) is 0 Å². The lowest BCUT2D eigenvalue weighted by molar-refractivity contribution is -0.314. The Bertz CT molecular complexity index is 1190. The Hall–Kier alpha value is -1.48. The molecule has 0 aromatic carbocycles. The fourth-order valence-corrected chi connectivity index (χ4v) is 9.91. The first-order valence-electron chi connectivity index (χ1n) is 16.7. The van der Waals surface area contributed by atoms with E-state index in [2.05, 4.69) is 39.3 Å². The molecule has 0 amide bonds. The number of aliphatic hydroxyl groups is 2. The van der Waals surface area contributed by atoms with E-state index >= 15 is 0 Å². The highest BCUT2D eigenvalue weighted by atomic mass is 28.3. The van der Waals surface area contributed by atoms with Crippen molar-refractivity contribution in [2.24, 2.45) is 22.7 Å². The first-order valence-corrected chi connectivity index (χ1v) is 24.1. The van der Waals surface area contributed by atoms with E-state index < -0.39 is 92.5 Å². The molecule has 48 heavy (non-hydrogen) atoms. The zero-order chi connectivity index (χ0) is 35.9. The van der Waals surface area contributed by atoms with Crippen molar-refractivity contribution >= 4 is 34.1 Å². The first kappa shape index (κ1) is 39.3. The molecule has 4 rings (SSSR count). The summed E-state index contributed by atoms with van der Waals surface area (Å²) in [7, 11) is -0.465. The van der Waals surface area contributed by atoms with Gasteiger partial charge in [-0.2, -0.15) is 0 Å². The fourth-order valence-electron chi connectivity index (χ4n) is 8.40. The van der Waals surface area contributed by atoms with Gasteiger partial charge in [-0.1, -0.05) is 39.3 Å². The van der Waals surface area contributed by atoms with Crippen molar-refractivity contribution in [1.29, 1.82) is 0 Å². The monoisotopic (exact) mass is 720 g/mol. The highest BCUT2D eigenvalue weighted by molar-refractivity contribution is 6.76. The van der Waals surface area contributed by atoms with E-state index in [1.807, 2.05) is 0 Å². The van der Waals surface area contributed by atoms with Gasteiger partial charge in [-0.15, -0.1) is 0 Å². The van der Waals surface area contributed by atoms with Crippen LogP contribution in [0.15, 0.2) is 0 Å². The average Bonchev–Trinajstić information content (AvgIpc) is 3.54. The normalized spacial score (nSPS) is 39.0. The van der Waals surface area contributed by atoms with Gasteiger partial charge in [-0.05, 0) is 19.0 Å². The molecule has 0 bridgehead atoms. The molecule has 276 valence electrons. The SMILES string of the molecule is COC(=O)[C@@]12CO[C@H]3[C@@H](OC(C)=O)[C@@](C)(O)[C@H]4[C@@](CO[C@]4(O)C(=O)OC)([C@@H](OCOCC[Si](C)(C)C)C[C@H]1OCOCC[Si](C)(C)C)[C@@H]32. The molecule has 0 aromatic heterocycles. The molecule has 0 unspecified atom stereocenters. The first-order chi connectivity index (χ1) is 22.2. The van der Waals surface area contributed by atoms with Crippen molar-refractivity contribution in [2.75, 3.05) is 54.2 Å². The van der Waals surface area contributed by atoms with Crippen LogP contribution < -0.4 is 0 Å². The van der Waals surface area contributed by atoms with Crippen LogP contribution in [0.25, 0.3) is 0 Å². The van der Waals surface area contributed by atoms with Crippen molar-refractivity contribution in [3.8, 4) is 0 Å².